The number of rotatable bonds is 6. The third kappa shape index (κ3) is 4.26. The Kier molecular flexibility index (Phi) is 6.03. The van der Waals surface area contributed by atoms with E-state index in [1.54, 1.807) is 25.1 Å². The zero-order valence-electron chi connectivity index (χ0n) is 12.3. The van der Waals surface area contributed by atoms with Gasteiger partial charge in [0, 0.05) is 17.8 Å². The maximum Gasteiger partial charge on any atom is 0.325 e. The van der Waals surface area contributed by atoms with Crippen molar-refractivity contribution in [3.8, 4) is 0 Å². The second kappa shape index (κ2) is 7.53. The lowest BCUT2D eigenvalue weighted by Gasteiger charge is -2.21. The van der Waals surface area contributed by atoms with Crippen LogP contribution in [0.15, 0.2) is 18.2 Å². The third-order valence-electron chi connectivity index (χ3n) is 2.93. The fourth-order valence-corrected chi connectivity index (χ4v) is 1.84. The van der Waals surface area contributed by atoms with Crippen molar-refractivity contribution in [2.75, 3.05) is 25.4 Å². The van der Waals surface area contributed by atoms with Crippen LogP contribution in [-0.4, -0.2) is 36.5 Å². The molecule has 0 aliphatic heterocycles. The number of nitrogen functional groups attached to an aromatic ring is 1. The summed E-state index contributed by atoms with van der Waals surface area (Å²) in [6.45, 7) is 6.36. The Morgan fingerprint density at radius 2 is 2.00 bits per heavy atom. The highest BCUT2D eigenvalue weighted by atomic mass is 16.5. The van der Waals surface area contributed by atoms with E-state index in [4.69, 9.17) is 10.5 Å². The molecule has 0 unspecified atom stereocenters. The van der Waals surface area contributed by atoms with E-state index in [1.165, 1.54) is 4.90 Å². The molecule has 1 amide bonds. The first kappa shape index (κ1) is 16.0. The number of ether oxygens (including phenoxy) is 1. The molecule has 0 radical (unpaired) electrons. The van der Waals surface area contributed by atoms with E-state index in [2.05, 4.69) is 0 Å². The minimum atomic E-state index is -0.394. The van der Waals surface area contributed by atoms with E-state index in [-0.39, 0.29) is 12.5 Å². The Morgan fingerprint density at radius 1 is 1.30 bits per heavy atom. The van der Waals surface area contributed by atoms with Gasteiger partial charge < -0.3 is 15.4 Å². The van der Waals surface area contributed by atoms with Gasteiger partial charge in [-0.1, -0.05) is 13.0 Å². The molecule has 0 spiro atoms. The summed E-state index contributed by atoms with van der Waals surface area (Å²) in [5.41, 5.74) is 7.81. The number of nitrogens with two attached hydrogens (primary N) is 1. The van der Waals surface area contributed by atoms with Crippen molar-refractivity contribution in [1.29, 1.82) is 0 Å². The quantitative estimate of drug-likeness (QED) is 0.638. The second-order valence-electron chi connectivity index (χ2n) is 4.60. The normalized spacial score (nSPS) is 10.2. The lowest BCUT2D eigenvalue weighted by molar-refractivity contribution is -0.143. The van der Waals surface area contributed by atoms with Crippen LogP contribution in [0.3, 0.4) is 0 Å². The van der Waals surface area contributed by atoms with Gasteiger partial charge in [-0.15, -0.1) is 0 Å². The summed E-state index contributed by atoms with van der Waals surface area (Å²) in [5.74, 6) is -0.596. The van der Waals surface area contributed by atoms with Gasteiger partial charge in [0.2, 0.25) is 0 Å². The van der Waals surface area contributed by atoms with Crippen LogP contribution in [0.2, 0.25) is 0 Å². The van der Waals surface area contributed by atoms with Crippen LogP contribution >= 0.6 is 0 Å². The van der Waals surface area contributed by atoms with Crippen molar-refractivity contribution in [2.45, 2.75) is 27.2 Å². The van der Waals surface area contributed by atoms with Crippen LogP contribution in [0.4, 0.5) is 5.69 Å². The molecule has 5 heteroatoms. The van der Waals surface area contributed by atoms with Crippen molar-refractivity contribution in [3.05, 3.63) is 29.3 Å². The second-order valence-corrected chi connectivity index (χ2v) is 4.60. The summed E-state index contributed by atoms with van der Waals surface area (Å²) < 4.78 is 4.89. The first-order valence-corrected chi connectivity index (χ1v) is 6.80. The number of hydrogen-bond donors (Lipinski definition) is 1. The minimum Gasteiger partial charge on any atom is -0.465 e. The Hall–Kier alpha value is -2.04. The third-order valence-corrected chi connectivity index (χ3v) is 2.93. The van der Waals surface area contributed by atoms with E-state index >= 15 is 0 Å². The molecule has 110 valence electrons. The van der Waals surface area contributed by atoms with E-state index in [0.717, 1.165) is 12.0 Å². The fourth-order valence-electron chi connectivity index (χ4n) is 1.84. The standard InChI is InChI=1S/C15H22N2O3/c1-4-8-17(10-14(18)20-5-2)15(19)12-7-6-11(3)13(16)9-12/h6-7,9H,4-5,8,10,16H2,1-3H3. The molecule has 0 atom stereocenters. The van der Waals surface area contributed by atoms with Gasteiger partial charge in [-0.05, 0) is 38.0 Å². The minimum absolute atomic E-state index is 0.0334. The highest BCUT2D eigenvalue weighted by Crippen LogP contribution is 2.15. The largest absolute Gasteiger partial charge is 0.465 e. The van der Waals surface area contributed by atoms with Crippen LogP contribution in [0.5, 0.6) is 0 Å². The first-order chi connectivity index (χ1) is 9.49. The molecular weight excluding hydrogens is 256 g/mol. The molecule has 2 N–H and O–H groups in total. The number of carbonyl (C=O) groups is 2. The molecule has 0 aromatic heterocycles. The molecule has 1 rings (SSSR count). The number of amides is 1. The SMILES string of the molecule is CCCN(CC(=O)OCC)C(=O)c1ccc(C)c(N)c1. The first-order valence-electron chi connectivity index (χ1n) is 6.80. The number of nitrogens with zero attached hydrogens (tertiary/aromatic N) is 1. The van der Waals surface area contributed by atoms with Gasteiger partial charge in [-0.25, -0.2) is 0 Å². The van der Waals surface area contributed by atoms with E-state index in [1.807, 2.05) is 13.8 Å². The molecule has 0 bridgehead atoms. The number of anilines is 1. The summed E-state index contributed by atoms with van der Waals surface area (Å²) in [5, 5.41) is 0. The van der Waals surface area contributed by atoms with Crippen LogP contribution < -0.4 is 5.73 Å². The average Bonchev–Trinajstić information content (AvgIpc) is 2.41. The Labute approximate surface area is 119 Å². The van der Waals surface area contributed by atoms with Crippen molar-refractivity contribution in [1.82, 2.24) is 4.90 Å². The summed E-state index contributed by atoms with van der Waals surface area (Å²) in [6.07, 6.45) is 0.770. The molecule has 0 aliphatic carbocycles. The number of aryl methyl sites for hydroxylation is 1. The summed E-state index contributed by atoms with van der Waals surface area (Å²) in [7, 11) is 0. The molecular formula is C15H22N2O3. The number of carbonyl (C=O) groups excluding carboxylic acids is 2. The zero-order valence-corrected chi connectivity index (χ0v) is 12.3. The fraction of sp³-hybridized carbons (Fsp3) is 0.467. The number of benzene rings is 1. The van der Waals surface area contributed by atoms with E-state index in [0.29, 0.717) is 24.4 Å². The Bertz CT molecular complexity index is 486. The summed E-state index contributed by atoms with van der Waals surface area (Å²) in [6, 6.07) is 5.17. The van der Waals surface area contributed by atoms with Gasteiger partial charge in [0.1, 0.15) is 6.54 Å². The van der Waals surface area contributed by atoms with Gasteiger partial charge in [0.05, 0.1) is 6.61 Å². The van der Waals surface area contributed by atoms with Gasteiger partial charge in [-0.3, -0.25) is 9.59 Å². The molecule has 20 heavy (non-hydrogen) atoms. The molecule has 0 saturated carbocycles. The van der Waals surface area contributed by atoms with Crippen LogP contribution in [0.1, 0.15) is 36.2 Å². The topological polar surface area (TPSA) is 72.6 Å². The lowest BCUT2D eigenvalue weighted by Crippen LogP contribution is -2.37. The maximum absolute atomic E-state index is 12.4. The maximum atomic E-state index is 12.4. The average molecular weight is 278 g/mol. The van der Waals surface area contributed by atoms with Gasteiger partial charge in [0.15, 0.2) is 0 Å². The Morgan fingerprint density at radius 3 is 2.55 bits per heavy atom. The van der Waals surface area contributed by atoms with Crippen LogP contribution in [-0.2, 0) is 9.53 Å². The monoisotopic (exact) mass is 278 g/mol. The van der Waals surface area contributed by atoms with Crippen molar-refractivity contribution >= 4 is 17.6 Å². The van der Waals surface area contributed by atoms with Crippen molar-refractivity contribution in [3.63, 3.8) is 0 Å². The van der Waals surface area contributed by atoms with Crippen molar-refractivity contribution in [2.24, 2.45) is 0 Å². The smallest absolute Gasteiger partial charge is 0.325 e. The molecule has 0 heterocycles. The highest BCUT2D eigenvalue weighted by Gasteiger charge is 2.19. The van der Waals surface area contributed by atoms with Gasteiger partial charge in [0.25, 0.3) is 5.91 Å². The summed E-state index contributed by atoms with van der Waals surface area (Å²) in [4.78, 5) is 25.4. The van der Waals surface area contributed by atoms with E-state index in [9.17, 15) is 9.59 Å². The molecule has 0 saturated heterocycles. The molecule has 5 nitrogen and oxygen atoms in total. The van der Waals surface area contributed by atoms with Crippen LogP contribution in [0, 0.1) is 6.92 Å². The molecule has 0 fully saturated rings. The molecule has 0 aliphatic rings. The van der Waals surface area contributed by atoms with Gasteiger partial charge >= 0.3 is 5.97 Å². The van der Waals surface area contributed by atoms with Crippen LogP contribution in [0.25, 0.3) is 0 Å². The molecule has 1 aromatic carbocycles. The summed E-state index contributed by atoms with van der Waals surface area (Å²) >= 11 is 0. The lowest BCUT2D eigenvalue weighted by atomic mass is 10.1. The van der Waals surface area contributed by atoms with Gasteiger partial charge in [-0.2, -0.15) is 0 Å². The Balaban J connectivity index is 2.87. The predicted octanol–water partition coefficient (Wildman–Crippen LogP) is 1.99. The number of esters is 1. The van der Waals surface area contributed by atoms with Crippen molar-refractivity contribution < 1.29 is 14.3 Å². The predicted molar refractivity (Wildman–Crippen MR) is 78.4 cm³/mol. The van der Waals surface area contributed by atoms with E-state index < -0.39 is 5.97 Å². The number of hydrogen-bond acceptors (Lipinski definition) is 4. The molecule has 1 aromatic rings. The highest BCUT2D eigenvalue weighted by molar-refractivity contribution is 5.96. The zero-order chi connectivity index (χ0) is 15.1.